The topological polar surface area (TPSA) is 63.6 Å². The summed E-state index contributed by atoms with van der Waals surface area (Å²) in [5.74, 6) is -1.27. The van der Waals surface area contributed by atoms with Gasteiger partial charge in [-0.25, -0.2) is 0 Å². The highest BCUT2D eigenvalue weighted by Gasteiger charge is 2.37. The van der Waals surface area contributed by atoms with E-state index in [1.54, 1.807) is 7.11 Å². The molecule has 0 unspecified atom stereocenters. The molecule has 0 aromatic rings. The first-order valence-electron chi connectivity index (χ1n) is 5.81. The number of methoxy groups -OCH3 is 1. The molecule has 1 rings (SSSR count). The summed E-state index contributed by atoms with van der Waals surface area (Å²) in [5.41, 5.74) is -0.378. The fraction of sp³-hybridized carbons (Fsp3) is 0.833. The van der Waals surface area contributed by atoms with E-state index in [0.717, 1.165) is 32.0 Å². The molecule has 1 atom stereocenters. The number of ether oxygens (including phenoxy) is 1. The fourth-order valence-electron chi connectivity index (χ4n) is 2.51. The normalized spacial score (nSPS) is 20.6. The highest BCUT2D eigenvalue weighted by Crippen LogP contribution is 2.42. The van der Waals surface area contributed by atoms with E-state index < -0.39 is 11.9 Å². The molecular formula is C12H20O4. The van der Waals surface area contributed by atoms with Crippen LogP contribution in [0.3, 0.4) is 0 Å². The molecule has 0 amide bonds. The first kappa shape index (κ1) is 13.2. The van der Waals surface area contributed by atoms with Crippen LogP contribution < -0.4 is 0 Å². The van der Waals surface area contributed by atoms with E-state index in [2.05, 4.69) is 0 Å². The molecule has 16 heavy (non-hydrogen) atoms. The molecule has 1 aliphatic rings. The Labute approximate surface area is 96.0 Å². The summed E-state index contributed by atoms with van der Waals surface area (Å²) < 4.78 is 4.90. The highest BCUT2D eigenvalue weighted by atomic mass is 16.5. The number of carbonyl (C=O) groups excluding carboxylic acids is 1. The van der Waals surface area contributed by atoms with Crippen LogP contribution in [0.5, 0.6) is 0 Å². The van der Waals surface area contributed by atoms with E-state index in [9.17, 15) is 9.59 Å². The Bertz CT molecular complexity index is 243. The number of carboxylic acids is 1. The van der Waals surface area contributed by atoms with Gasteiger partial charge in [-0.3, -0.25) is 4.79 Å². The second-order valence-corrected chi connectivity index (χ2v) is 4.71. The molecule has 1 aliphatic carbocycles. The van der Waals surface area contributed by atoms with Crippen LogP contribution in [-0.2, 0) is 14.3 Å². The van der Waals surface area contributed by atoms with Crippen LogP contribution in [0.25, 0.3) is 0 Å². The van der Waals surface area contributed by atoms with Crippen molar-refractivity contribution in [2.75, 3.05) is 13.7 Å². The molecule has 4 nitrogen and oxygen atoms in total. The monoisotopic (exact) mass is 228 g/mol. The van der Waals surface area contributed by atoms with Crippen molar-refractivity contribution in [1.82, 2.24) is 0 Å². The van der Waals surface area contributed by atoms with Crippen molar-refractivity contribution < 1.29 is 19.4 Å². The van der Waals surface area contributed by atoms with Crippen molar-refractivity contribution in [2.24, 2.45) is 11.3 Å². The van der Waals surface area contributed by atoms with Crippen molar-refractivity contribution >= 4 is 12.3 Å². The summed E-state index contributed by atoms with van der Waals surface area (Å²) in [6.07, 6.45) is 5.69. The van der Waals surface area contributed by atoms with Crippen molar-refractivity contribution in [1.29, 1.82) is 0 Å². The SMILES string of the molecule is COCC[C@H](CC1(C=O)CCCC1)C(=O)O. The molecule has 0 spiro atoms. The minimum absolute atomic E-state index is 0.378. The average molecular weight is 228 g/mol. The van der Waals surface area contributed by atoms with Gasteiger partial charge in [-0.05, 0) is 25.7 Å². The Hall–Kier alpha value is -0.900. The molecule has 92 valence electrons. The summed E-state index contributed by atoms with van der Waals surface area (Å²) in [4.78, 5) is 22.2. The van der Waals surface area contributed by atoms with Gasteiger partial charge in [-0.15, -0.1) is 0 Å². The van der Waals surface area contributed by atoms with Crippen molar-refractivity contribution in [3.8, 4) is 0 Å². The summed E-state index contributed by atoms with van der Waals surface area (Å²) >= 11 is 0. The zero-order valence-corrected chi connectivity index (χ0v) is 9.78. The van der Waals surface area contributed by atoms with Gasteiger partial charge in [0.15, 0.2) is 0 Å². The Kier molecular flexibility index (Phi) is 4.93. The fourth-order valence-corrected chi connectivity index (χ4v) is 2.51. The molecule has 0 aromatic heterocycles. The van der Waals surface area contributed by atoms with Gasteiger partial charge in [0, 0.05) is 19.1 Å². The van der Waals surface area contributed by atoms with Crippen molar-refractivity contribution in [3.63, 3.8) is 0 Å². The second kappa shape index (κ2) is 5.99. The quantitative estimate of drug-likeness (QED) is 0.676. The molecular weight excluding hydrogens is 208 g/mol. The zero-order valence-electron chi connectivity index (χ0n) is 9.78. The van der Waals surface area contributed by atoms with E-state index in [1.807, 2.05) is 0 Å². The molecule has 0 bridgehead atoms. The van der Waals surface area contributed by atoms with Crippen LogP contribution in [0.4, 0.5) is 0 Å². The maximum Gasteiger partial charge on any atom is 0.306 e. The zero-order chi connectivity index (χ0) is 12.0. The largest absolute Gasteiger partial charge is 0.481 e. The van der Waals surface area contributed by atoms with Crippen molar-refractivity contribution in [3.05, 3.63) is 0 Å². The number of hydrogen-bond acceptors (Lipinski definition) is 3. The molecule has 4 heteroatoms. The first-order valence-corrected chi connectivity index (χ1v) is 5.81. The predicted molar refractivity (Wildman–Crippen MR) is 59.2 cm³/mol. The standard InChI is InChI=1S/C12H20O4/c1-16-7-4-10(11(14)15)8-12(9-13)5-2-3-6-12/h9-10H,2-8H2,1H3,(H,14,15)/t10-/m1/s1. The van der Waals surface area contributed by atoms with Gasteiger partial charge in [0.05, 0.1) is 5.92 Å². The first-order chi connectivity index (χ1) is 7.63. The van der Waals surface area contributed by atoms with Crippen LogP contribution in [0.2, 0.25) is 0 Å². The predicted octanol–water partition coefficient (Wildman–Crippen LogP) is 1.87. The van der Waals surface area contributed by atoms with E-state index in [1.165, 1.54) is 0 Å². The third-order valence-electron chi connectivity index (χ3n) is 3.52. The Morgan fingerprint density at radius 2 is 2.12 bits per heavy atom. The number of carbonyl (C=O) groups is 2. The highest BCUT2D eigenvalue weighted by molar-refractivity contribution is 5.71. The van der Waals surface area contributed by atoms with Gasteiger partial charge in [0.2, 0.25) is 0 Å². The molecule has 1 saturated carbocycles. The number of rotatable bonds is 7. The molecule has 1 fully saturated rings. The lowest BCUT2D eigenvalue weighted by Crippen LogP contribution is -2.27. The summed E-state index contributed by atoms with van der Waals surface area (Å²) in [7, 11) is 1.56. The third kappa shape index (κ3) is 3.30. The lowest BCUT2D eigenvalue weighted by atomic mass is 9.78. The summed E-state index contributed by atoms with van der Waals surface area (Å²) in [6, 6.07) is 0. The maximum absolute atomic E-state index is 11.1. The van der Waals surface area contributed by atoms with Crippen LogP contribution in [-0.4, -0.2) is 31.1 Å². The number of aliphatic carboxylic acids is 1. The van der Waals surface area contributed by atoms with E-state index in [-0.39, 0.29) is 5.41 Å². The number of carboxylic acid groups (broad SMARTS) is 1. The molecule has 0 radical (unpaired) electrons. The lowest BCUT2D eigenvalue weighted by Gasteiger charge is -2.25. The second-order valence-electron chi connectivity index (χ2n) is 4.71. The van der Waals surface area contributed by atoms with Crippen LogP contribution in [0.1, 0.15) is 38.5 Å². The summed E-state index contributed by atoms with van der Waals surface area (Å²) in [6.45, 7) is 0.436. The van der Waals surface area contributed by atoms with E-state index in [0.29, 0.717) is 19.4 Å². The van der Waals surface area contributed by atoms with Gasteiger partial charge in [0.1, 0.15) is 6.29 Å². The Morgan fingerprint density at radius 1 is 1.50 bits per heavy atom. The average Bonchev–Trinajstić information content (AvgIpc) is 2.73. The van der Waals surface area contributed by atoms with Gasteiger partial charge < -0.3 is 14.6 Å². The molecule has 0 heterocycles. The van der Waals surface area contributed by atoms with Gasteiger partial charge in [-0.2, -0.15) is 0 Å². The smallest absolute Gasteiger partial charge is 0.306 e. The van der Waals surface area contributed by atoms with Gasteiger partial charge in [0.25, 0.3) is 0 Å². The molecule has 1 N–H and O–H groups in total. The molecule has 0 saturated heterocycles. The van der Waals surface area contributed by atoms with Crippen LogP contribution >= 0.6 is 0 Å². The molecule has 0 aliphatic heterocycles. The minimum atomic E-state index is -0.815. The minimum Gasteiger partial charge on any atom is -0.481 e. The van der Waals surface area contributed by atoms with Gasteiger partial charge in [-0.1, -0.05) is 12.8 Å². The van der Waals surface area contributed by atoms with E-state index >= 15 is 0 Å². The Balaban J connectivity index is 2.58. The van der Waals surface area contributed by atoms with Crippen LogP contribution in [0, 0.1) is 11.3 Å². The maximum atomic E-state index is 11.1. The Morgan fingerprint density at radius 3 is 2.56 bits per heavy atom. The van der Waals surface area contributed by atoms with Gasteiger partial charge >= 0.3 is 5.97 Å². The van der Waals surface area contributed by atoms with E-state index in [4.69, 9.17) is 9.84 Å². The molecule has 0 aromatic carbocycles. The third-order valence-corrected chi connectivity index (χ3v) is 3.52. The van der Waals surface area contributed by atoms with Crippen molar-refractivity contribution in [2.45, 2.75) is 38.5 Å². The lowest BCUT2D eigenvalue weighted by molar-refractivity contribution is -0.144. The number of aldehydes is 1. The summed E-state index contributed by atoms with van der Waals surface area (Å²) in [5, 5.41) is 9.10. The van der Waals surface area contributed by atoms with Crippen LogP contribution in [0.15, 0.2) is 0 Å². The number of hydrogen-bond donors (Lipinski definition) is 1.